The van der Waals surface area contributed by atoms with Gasteiger partial charge >= 0.3 is 0 Å². The highest BCUT2D eigenvalue weighted by Gasteiger charge is 2.15. The van der Waals surface area contributed by atoms with Gasteiger partial charge in [-0.25, -0.2) is 0 Å². The number of nitrogens with two attached hydrogens (primary N) is 1. The lowest BCUT2D eigenvalue weighted by atomic mass is 9.90. The molecule has 0 heterocycles. The lowest BCUT2D eigenvalue weighted by Gasteiger charge is -2.22. The molecule has 1 aromatic carbocycles. The van der Waals surface area contributed by atoms with Gasteiger partial charge in [-0.05, 0) is 29.9 Å². The number of aryl methyl sites for hydroxylation is 1. The van der Waals surface area contributed by atoms with E-state index in [1.807, 2.05) is 0 Å². The van der Waals surface area contributed by atoms with E-state index in [1.165, 1.54) is 24.0 Å². The van der Waals surface area contributed by atoms with Gasteiger partial charge in [0.05, 0.1) is 0 Å². The van der Waals surface area contributed by atoms with Gasteiger partial charge < -0.3 is 0 Å². The third kappa shape index (κ3) is 4.14. The van der Waals surface area contributed by atoms with Crippen LogP contribution in [0.2, 0.25) is 0 Å². The summed E-state index contributed by atoms with van der Waals surface area (Å²) in [6.45, 7) is 6.74. The van der Waals surface area contributed by atoms with Crippen LogP contribution in [0.1, 0.15) is 57.2 Å². The van der Waals surface area contributed by atoms with Gasteiger partial charge in [-0.2, -0.15) is 0 Å². The molecule has 3 N–H and O–H groups in total. The third-order valence-corrected chi connectivity index (χ3v) is 3.43. The summed E-state index contributed by atoms with van der Waals surface area (Å²) in [7, 11) is 0. The fourth-order valence-electron chi connectivity index (χ4n) is 2.49. The van der Waals surface area contributed by atoms with Crippen LogP contribution in [0.5, 0.6) is 0 Å². The summed E-state index contributed by atoms with van der Waals surface area (Å²) in [6.07, 6.45) is 4.69. The molecule has 0 bridgehead atoms. The van der Waals surface area contributed by atoms with E-state index in [2.05, 4.69) is 50.5 Å². The van der Waals surface area contributed by atoms with Crippen LogP contribution in [0.15, 0.2) is 24.3 Å². The van der Waals surface area contributed by atoms with Crippen molar-refractivity contribution in [1.29, 1.82) is 0 Å². The van der Waals surface area contributed by atoms with Gasteiger partial charge in [-0.15, -0.1) is 0 Å². The van der Waals surface area contributed by atoms with Crippen LogP contribution in [-0.4, -0.2) is 0 Å². The molecule has 0 saturated heterocycles. The second kappa shape index (κ2) is 7.46. The molecule has 0 aliphatic rings. The third-order valence-electron chi connectivity index (χ3n) is 3.43. The van der Waals surface area contributed by atoms with E-state index in [4.69, 9.17) is 5.84 Å². The fraction of sp³-hybridized carbons (Fsp3) is 0.600. The van der Waals surface area contributed by atoms with Gasteiger partial charge in [0, 0.05) is 6.04 Å². The van der Waals surface area contributed by atoms with Crippen molar-refractivity contribution in [3.63, 3.8) is 0 Å². The van der Waals surface area contributed by atoms with E-state index in [9.17, 15) is 0 Å². The second-order valence-corrected chi connectivity index (χ2v) is 4.90. The maximum atomic E-state index is 5.72. The Hall–Kier alpha value is -0.860. The van der Waals surface area contributed by atoms with Crippen LogP contribution in [0.25, 0.3) is 0 Å². The molecule has 2 heteroatoms. The van der Waals surface area contributed by atoms with Gasteiger partial charge in [0.2, 0.25) is 0 Å². The Morgan fingerprint density at radius 3 is 2.53 bits per heavy atom. The largest absolute Gasteiger partial charge is 0.271 e. The van der Waals surface area contributed by atoms with Crippen molar-refractivity contribution in [2.24, 2.45) is 11.8 Å². The minimum Gasteiger partial charge on any atom is -0.271 e. The maximum Gasteiger partial charge on any atom is 0.0465 e. The highest BCUT2D eigenvalue weighted by Crippen LogP contribution is 2.26. The van der Waals surface area contributed by atoms with Crippen LogP contribution in [0.4, 0.5) is 0 Å². The Labute approximate surface area is 106 Å². The first-order valence-corrected chi connectivity index (χ1v) is 6.76. The molecule has 2 unspecified atom stereocenters. The fourth-order valence-corrected chi connectivity index (χ4v) is 2.49. The topological polar surface area (TPSA) is 38.0 Å². The van der Waals surface area contributed by atoms with E-state index in [1.54, 1.807) is 0 Å². The summed E-state index contributed by atoms with van der Waals surface area (Å²) in [6, 6.07) is 8.88. The predicted octanol–water partition coefficient (Wildman–Crippen LogP) is 3.58. The molecule has 0 saturated carbocycles. The molecule has 0 aliphatic heterocycles. The second-order valence-electron chi connectivity index (χ2n) is 4.90. The van der Waals surface area contributed by atoms with Crippen molar-refractivity contribution in [2.45, 2.75) is 52.5 Å². The Bertz CT molecular complexity index is 322. The molecule has 0 spiro atoms. The zero-order chi connectivity index (χ0) is 12.7. The highest BCUT2D eigenvalue weighted by molar-refractivity contribution is 5.30. The number of hydrogen-bond acceptors (Lipinski definition) is 2. The van der Waals surface area contributed by atoms with Crippen molar-refractivity contribution in [3.8, 4) is 0 Å². The summed E-state index contributed by atoms with van der Waals surface area (Å²) in [5.41, 5.74) is 5.75. The molecule has 0 aromatic heterocycles. The number of hydrazine groups is 1. The normalized spacial score (nSPS) is 14.6. The lowest BCUT2D eigenvalue weighted by molar-refractivity contribution is 0.393. The van der Waals surface area contributed by atoms with E-state index in [0.29, 0.717) is 5.92 Å². The smallest absolute Gasteiger partial charge is 0.0465 e. The first kappa shape index (κ1) is 14.2. The summed E-state index contributed by atoms with van der Waals surface area (Å²) in [4.78, 5) is 0. The maximum absolute atomic E-state index is 5.72. The first-order valence-electron chi connectivity index (χ1n) is 6.76. The molecule has 17 heavy (non-hydrogen) atoms. The summed E-state index contributed by atoms with van der Waals surface area (Å²) in [5, 5.41) is 0. The average molecular weight is 234 g/mol. The van der Waals surface area contributed by atoms with Crippen LogP contribution >= 0.6 is 0 Å². The highest BCUT2D eigenvalue weighted by atomic mass is 15.2. The van der Waals surface area contributed by atoms with Crippen LogP contribution < -0.4 is 11.3 Å². The quantitative estimate of drug-likeness (QED) is 0.559. The minimum atomic E-state index is 0.285. The van der Waals surface area contributed by atoms with E-state index < -0.39 is 0 Å². The van der Waals surface area contributed by atoms with Gasteiger partial charge in [0.1, 0.15) is 0 Å². The van der Waals surface area contributed by atoms with Gasteiger partial charge in [0.15, 0.2) is 0 Å². The Morgan fingerprint density at radius 2 is 1.94 bits per heavy atom. The average Bonchev–Trinajstić information content (AvgIpc) is 2.36. The Kier molecular flexibility index (Phi) is 6.23. The molecule has 96 valence electrons. The monoisotopic (exact) mass is 234 g/mol. The van der Waals surface area contributed by atoms with Crippen molar-refractivity contribution in [1.82, 2.24) is 5.43 Å². The van der Waals surface area contributed by atoms with Crippen molar-refractivity contribution >= 4 is 0 Å². The minimum absolute atomic E-state index is 0.285. The summed E-state index contributed by atoms with van der Waals surface area (Å²) in [5.74, 6) is 6.44. The lowest BCUT2D eigenvalue weighted by Crippen LogP contribution is -2.30. The van der Waals surface area contributed by atoms with E-state index >= 15 is 0 Å². The SMILES string of the molecule is CCCC(C)CC(NN)c1ccccc1CC. The van der Waals surface area contributed by atoms with Crippen molar-refractivity contribution in [2.75, 3.05) is 0 Å². The molecular formula is C15H26N2. The molecule has 0 amide bonds. The molecule has 1 rings (SSSR count). The van der Waals surface area contributed by atoms with Crippen molar-refractivity contribution < 1.29 is 0 Å². The molecule has 2 nitrogen and oxygen atoms in total. The number of nitrogens with one attached hydrogen (secondary N) is 1. The summed E-state index contributed by atoms with van der Waals surface area (Å²) >= 11 is 0. The Morgan fingerprint density at radius 1 is 1.24 bits per heavy atom. The Balaban J connectivity index is 2.78. The molecule has 1 aromatic rings. The van der Waals surface area contributed by atoms with Gasteiger partial charge in [-0.1, -0.05) is 57.9 Å². The van der Waals surface area contributed by atoms with Gasteiger partial charge in [0.25, 0.3) is 0 Å². The molecule has 0 aliphatic carbocycles. The number of rotatable bonds is 7. The standard InChI is InChI=1S/C15H26N2/c1-4-8-12(3)11-15(17-16)14-10-7-6-9-13(14)5-2/h6-7,9-10,12,15,17H,4-5,8,11,16H2,1-3H3. The molecular weight excluding hydrogens is 208 g/mol. The van der Waals surface area contributed by atoms with Crippen LogP contribution in [-0.2, 0) is 6.42 Å². The van der Waals surface area contributed by atoms with Gasteiger partial charge in [-0.3, -0.25) is 11.3 Å². The predicted molar refractivity (Wildman–Crippen MR) is 74.6 cm³/mol. The van der Waals surface area contributed by atoms with Crippen LogP contribution in [0, 0.1) is 5.92 Å². The first-order chi connectivity index (χ1) is 8.22. The zero-order valence-electron chi connectivity index (χ0n) is 11.4. The molecule has 0 radical (unpaired) electrons. The number of hydrogen-bond donors (Lipinski definition) is 2. The van der Waals surface area contributed by atoms with Crippen LogP contribution in [0.3, 0.4) is 0 Å². The molecule has 0 fully saturated rings. The number of benzene rings is 1. The van der Waals surface area contributed by atoms with E-state index in [0.717, 1.165) is 12.8 Å². The van der Waals surface area contributed by atoms with Crippen molar-refractivity contribution in [3.05, 3.63) is 35.4 Å². The zero-order valence-corrected chi connectivity index (χ0v) is 11.4. The van der Waals surface area contributed by atoms with E-state index in [-0.39, 0.29) is 6.04 Å². The summed E-state index contributed by atoms with van der Waals surface area (Å²) < 4.78 is 0. The molecule has 2 atom stereocenters.